The molecule has 4 rings (SSSR count). The topological polar surface area (TPSA) is 49.4 Å². The van der Waals surface area contributed by atoms with E-state index in [-0.39, 0.29) is 11.8 Å². The normalized spacial score (nSPS) is 16.1. The summed E-state index contributed by atoms with van der Waals surface area (Å²) in [5, 5.41) is 2.37. The van der Waals surface area contributed by atoms with Crippen molar-refractivity contribution in [3.05, 3.63) is 59.2 Å². The zero-order valence-corrected chi connectivity index (χ0v) is 10.7. The number of rotatable bonds is 1. The van der Waals surface area contributed by atoms with Crippen molar-refractivity contribution in [3.63, 3.8) is 0 Å². The van der Waals surface area contributed by atoms with E-state index in [0.717, 1.165) is 24.3 Å². The first kappa shape index (κ1) is 11.2. The fraction of sp³-hybridized carbons (Fsp3) is 0.125. The van der Waals surface area contributed by atoms with Crippen molar-refractivity contribution < 1.29 is 9.59 Å². The molecule has 2 aliphatic heterocycles. The van der Waals surface area contributed by atoms with Gasteiger partial charge in [-0.25, -0.2) is 0 Å². The maximum Gasteiger partial charge on any atom is 0.261 e. The van der Waals surface area contributed by atoms with Crippen LogP contribution in [0.3, 0.4) is 0 Å². The lowest BCUT2D eigenvalue weighted by Gasteiger charge is -2.21. The molecule has 0 bridgehead atoms. The summed E-state index contributed by atoms with van der Waals surface area (Å²) < 4.78 is 0. The average molecular weight is 264 g/mol. The second-order valence-electron chi connectivity index (χ2n) is 5.01. The van der Waals surface area contributed by atoms with E-state index < -0.39 is 0 Å². The quantitative estimate of drug-likeness (QED) is 0.804. The van der Waals surface area contributed by atoms with E-state index in [1.54, 1.807) is 6.07 Å². The first-order chi connectivity index (χ1) is 9.75. The molecule has 2 aliphatic rings. The lowest BCUT2D eigenvalue weighted by atomic mass is 10.1. The minimum absolute atomic E-state index is 0.301. The monoisotopic (exact) mass is 264 g/mol. The molecule has 2 aromatic rings. The Morgan fingerprint density at radius 1 is 0.900 bits per heavy atom. The van der Waals surface area contributed by atoms with Gasteiger partial charge < -0.3 is 4.90 Å². The van der Waals surface area contributed by atoms with Gasteiger partial charge in [-0.2, -0.15) is 0 Å². The van der Waals surface area contributed by atoms with Gasteiger partial charge in [0.1, 0.15) is 0 Å². The van der Waals surface area contributed by atoms with Gasteiger partial charge in [0.2, 0.25) is 0 Å². The Labute approximate surface area is 116 Å². The minimum Gasteiger partial charge on any atom is -0.340 e. The van der Waals surface area contributed by atoms with E-state index in [1.165, 1.54) is 5.56 Å². The molecule has 0 aromatic heterocycles. The van der Waals surface area contributed by atoms with Crippen molar-refractivity contribution in [3.8, 4) is 0 Å². The van der Waals surface area contributed by atoms with Crippen LogP contribution in [0.5, 0.6) is 0 Å². The Bertz CT molecular complexity index is 752. The van der Waals surface area contributed by atoms with Gasteiger partial charge in [0.05, 0.1) is 16.8 Å². The first-order valence-corrected chi connectivity index (χ1v) is 6.60. The predicted molar refractivity (Wildman–Crippen MR) is 75.4 cm³/mol. The Kier molecular flexibility index (Phi) is 2.21. The van der Waals surface area contributed by atoms with Crippen LogP contribution in [0.2, 0.25) is 0 Å². The summed E-state index contributed by atoms with van der Waals surface area (Å²) in [5.74, 6) is -0.607. The molecule has 4 heteroatoms. The van der Waals surface area contributed by atoms with Crippen LogP contribution in [-0.4, -0.2) is 18.4 Å². The van der Waals surface area contributed by atoms with Crippen molar-refractivity contribution in [2.24, 2.45) is 0 Å². The van der Waals surface area contributed by atoms with E-state index in [1.807, 2.05) is 24.3 Å². The Morgan fingerprint density at radius 3 is 2.60 bits per heavy atom. The SMILES string of the molecule is O=C1NC(=O)c2c1cccc2N1CCc2ccccc21. The van der Waals surface area contributed by atoms with Gasteiger partial charge in [0.25, 0.3) is 11.8 Å². The number of hydrogen-bond acceptors (Lipinski definition) is 3. The number of nitrogens with one attached hydrogen (secondary N) is 1. The van der Waals surface area contributed by atoms with Gasteiger partial charge in [-0.05, 0) is 30.2 Å². The smallest absolute Gasteiger partial charge is 0.261 e. The van der Waals surface area contributed by atoms with Crippen molar-refractivity contribution in [1.82, 2.24) is 5.32 Å². The van der Waals surface area contributed by atoms with Crippen LogP contribution in [0.4, 0.5) is 11.4 Å². The second kappa shape index (κ2) is 3.93. The molecule has 0 fully saturated rings. The maximum atomic E-state index is 12.0. The van der Waals surface area contributed by atoms with Crippen LogP contribution in [0.1, 0.15) is 26.3 Å². The lowest BCUT2D eigenvalue weighted by molar-refractivity contribution is 0.0880. The van der Waals surface area contributed by atoms with Gasteiger partial charge in [-0.3, -0.25) is 14.9 Å². The third-order valence-corrected chi connectivity index (χ3v) is 3.92. The number of carbonyl (C=O) groups excluding carboxylic acids is 2. The molecule has 4 nitrogen and oxygen atoms in total. The number of benzene rings is 2. The van der Waals surface area contributed by atoms with Crippen molar-refractivity contribution in [2.75, 3.05) is 11.4 Å². The third-order valence-electron chi connectivity index (χ3n) is 3.92. The van der Waals surface area contributed by atoms with Crippen LogP contribution in [-0.2, 0) is 6.42 Å². The molecule has 2 heterocycles. The van der Waals surface area contributed by atoms with Crippen LogP contribution in [0, 0.1) is 0 Å². The summed E-state index contributed by atoms with van der Waals surface area (Å²) in [6.45, 7) is 0.831. The molecule has 2 aromatic carbocycles. The summed E-state index contributed by atoms with van der Waals surface area (Å²) in [5.41, 5.74) is 4.17. The molecule has 1 N–H and O–H groups in total. The molecule has 0 aliphatic carbocycles. The molecule has 20 heavy (non-hydrogen) atoms. The first-order valence-electron chi connectivity index (χ1n) is 6.60. The third kappa shape index (κ3) is 1.42. The number of para-hydroxylation sites is 1. The number of imide groups is 1. The van der Waals surface area contributed by atoms with Crippen LogP contribution < -0.4 is 10.2 Å². The van der Waals surface area contributed by atoms with Crippen LogP contribution in [0.25, 0.3) is 0 Å². The number of anilines is 2. The predicted octanol–water partition coefficient (Wildman–Crippen LogP) is 2.26. The number of nitrogens with zero attached hydrogens (tertiary/aromatic N) is 1. The molecule has 2 amide bonds. The Morgan fingerprint density at radius 2 is 1.70 bits per heavy atom. The molecule has 98 valence electrons. The molecular formula is C16H12N2O2. The van der Waals surface area contributed by atoms with Gasteiger partial charge in [-0.1, -0.05) is 24.3 Å². The van der Waals surface area contributed by atoms with E-state index in [4.69, 9.17) is 0 Å². The standard InChI is InChI=1S/C16H12N2O2/c19-15-11-5-3-7-13(14(11)16(20)17-15)18-9-8-10-4-1-2-6-12(10)18/h1-7H,8-9H2,(H,17,19,20). The number of amides is 2. The van der Waals surface area contributed by atoms with Crippen LogP contribution in [0.15, 0.2) is 42.5 Å². The highest BCUT2D eigenvalue weighted by molar-refractivity contribution is 6.24. The van der Waals surface area contributed by atoms with Crippen molar-refractivity contribution in [2.45, 2.75) is 6.42 Å². The fourth-order valence-corrected chi connectivity index (χ4v) is 3.01. The fourth-order valence-electron chi connectivity index (χ4n) is 3.01. The van der Waals surface area contributed by atoms with Crippen molar-refractivity contribution in [1.29, 1.82) is 0 Å². The molecule has 0 saturated carbocycles. The number of fused-ring (bicyclic) bond motifs is 2. The van der Waals surface area contributed by atoms with E-state index in [9.17, 15) is 9.59 Å². The molecule has 0 saturated heterocycles. The molecule has 0 spiro atoms. The number of carbonyl (C=O) groups is 2. The highest BCUT2D eigenvalue weighted by atomic mass is 16.2. The number of hydrogen-bond donors (Lipinski definition) is 1. The Balaban J connectivity index is 1.90. The highest BCUT2D eigenvalue weighted by Gasteiger charge is 2.32. The molecule has 0 atom stereocenters. The Hall–Kier alpha value is -2.62. The summed E-state index contributed by atoms with van der Waals surface area (Å²) in [7, 11) is 0. The highest BCUT2D eigenvalue weighted by Crippen LogP contribution is 2.38. The molecule has 0 radical (unpaired) electrons. The minimum atomic E-state index is -0.306. The van der Waals surface area contributed by atoms with Crippen LogP contribution >= 0.6 is 0 Å². The summed E-state index contributed by atoms with van der Waals surface area (Å²) in [4.78, 5) is 25.9. The zero-order valence-electron chi connectivity index (χ0n) is 10.7. The zero-order chi connectivity index (χ0) is 13.7. The van der Waals surface area contributed by atoms with Gasteiger partial charge >= 0.3 is 0 Å². The lowest BCUT2D eigenvalue weighted by Crippen LogP contribution is -2.21. The van der Waals surface area contributed by atoms with E-state index in [2.05, 4.69) is 22.3 Å². The van der Waals surface area contributed by atoms with E-state index in [0.29, 0.717) is 11.1 Å². The van der Waals surface area contributed by atoms with E-state index >= 15 is 0 Å². The van der Waals surface area contributed by atoms with Gasteiger partial charge in [-0.15, -0.1) is 0 Å². The van der Waals surface area contributed by atoms with Gasteiger partial charge in [0, 0.05) is 12.2 Å². The van der Waals surface area contributed by atoms with Crippen molar-refractivity contribution >= 4 is 23.2 Å². The summed E-state index contributed by atoms with van der Waals surface area (Å²) >= 11 is 0. The summed E-state index contributed by atoms with van der Waals surface area (Å²) in [6, 6.07) is 13.6. The van der Waals surface area contributed by atoms with Gasteiger partial charge in [0.15, 0.2) is 0 Å². The average Bonchev–Trinajstić information content (AvgIpc) is 3.01. The largest absolute Gasteiger partial charge is 0.340 e. The second-order valence-corrected chi connectivity index (χ2v) is 5.01. The molecular weight excluding hydrogens is 252 g/mol. The maximum absolute atomic E-state index is 12.0. The summed E-state index contributed by atoms with van der Waals surface area (Å²) in [6.07, 6.45) is 0.954. The molecule has 0 unspecified atom stereocenters.